The Kier molecular flexibility index (Phi) is 7.64. The molecular formula is C18H22N4O7S. The zero-order valence-corrected chi connectivity index (χ0v) is 17.8. The number of rotatable bonds is 9. The average Bonchev–Trinajstić information content (AvgIpc) is 3.20. The smallest absolute Gasteiger partial charge is 0.348 e. The molecule has 162 valence electrons. The fraction of sp³-hybridized carbons (Fsp3) is 0.444. The SMILES string of the molecule is CCOC(=O)c1sc(NC(=O)CCn2cc([N+](=O)[O-])c(C)n2)c(C(=O)OCC)c1C. The summed E-state index contributed by atoms with van der Waals surface area (Å²) in [4.78, 5) is 47.5. The Labute approximate surface area is 176 Å². The van der Waals surface area contributed by atoms with Crippen LogP contribution >= 0.6 is 11.3 Å². The summed E-state index contributed by atoms with van der Waals surface area (Å²) in [5.74, 6) is -1.70. The largest absolute Gasteiger partial charge is 0.462 e. The molecule has 12 heteroatoms. The van der Waals surface area contributed by atoms with Gasteiger partial charge in [0, 0.05) is 13.0 Å². The van der Waals surface area contributed by atoms with Gasteiger partial charge < -0.3 is 14.8 Å². The van der Waals surface area contributed by atoms with Crippen molar-refractivity contribution in [2.45, 2.75) is 40.7 Å². The second-order valence-electron chi connectivity index (χ2n) is 6.12. The molecule has 0 saturated carbocycles. The number of anilines is 1. The van der Waals surface area contributed by atoms with Crippen molar-refractivity contribution in [1.29, 1.82) is 0 Å². The molecule has 11 nitrogen and oxygen atoms in total. The Morgan fingerprint density at radius 3 is 2.40 bits per heavy atom. The van der Waals surface area contributed by atoms with Crippen molar-refractivity contribution < 1.29 is 28.8 Å². The van der Waals surface area contributed by atoms with Crippen LogP contribution in [0.5, 0.6) is 0 Å². The number of hydrogen-bond acceptors (Lipinski definition) is 9. The number of thiophene rings is 1. The van der Waals surface area contributed by atoms with Gasteiger partial charge >= 0.3 is 17.6 Å². The van der Waals surface area contributed by atoms with Gasteiger partial charge in [-0.1, -0.05) is 0 Å². The number of amides is 1. The van der Waals surface area contributed by atoms with Crippen LogP contribution in [0.2, 0.25) is 0 Å². The lowest BCUT2D eigenvalue weighted by atomic mass is 10.1. The van der Waals surface area contributed by atoms with Crippen LogP contribution in [0.3, 0.4) is 0 Å². The molecule has 0 saturated heterocycles. The Balaban J connectivity index is 2.19. The minimum Gasteiger partial charge on any atom is -0.462 e. The van der Waals surface area contributed by atoms with E-state index in [2.05, 4.69) is 10.4 Å². The Hall–Kier alpha value is -3.28. The molecule has 0 radical (unpaired) electrons. The number of carbonyl (C=O) groups is 3. The zero-order valence-electron chi connectivity index (χ0n) is 17.0. The fourth-order valence-electron chi connectivity index (χ4n) is 2.65. The number of nitrogens with one attached hydrogen (secondary N) is 1. The Bertz CT molecular complexity index is 980. The van der Waals surface area contributed by atoms with Gasteiger partial charge in [-0.2, -0.15) is 5.10 Å². The summed E-state index contributed by atoms with van der Waals surface area (Å²) in [6.07, 6.45) is 1.20. The van der Waals surface area contributed by atoms with Gasteiger partial charge in [-0.25, -0.2) is 9.59 Å². The number of hydrogen-bond donors (Lipinski definition) is 1. The third-order valence-electron chi connectivity index (χ3n) is 4.03. The van der Waals surface area contributed by atoms with Crippen LogP contribution in [-0.4, -0.2) is 45.8 Å². The van der Waals surface area contributed by atoms with Crippen LogP contribution in [0.4, 0.5) is 10.7 Å². The van der Waals surface area contributed by atoms with E-state index >= 15 is 0 Å². The molecule has 2 aromatic heterocycles. The van der Waals surface area contributed by atoms with Crippen LogP contribution in [0.25, 0.3) is 0 Å². The van der Waals surface area contributed by atoms with E-state index in [-0.39, 0.29) is 53.0 Å². The third kappa shape index (κ3) is 5.20. The van der Waals surface area contributed by atoms with Crippen LogP contribution in [0, 0.1) is 24.0 Å². The highest BCUT2D eigenvalue weighted by molar-refractivity contribution is 7.18. The molecule has 0 aliphatic carbocycles. The lowest BCUT2D eigenvalue weighted by Gasteiger charge is -2.07. The van der Waals surface area contributed by atoms with Crippen molar-refractivity contribution in [3.63, 3.8) is 0 Å². The molecule has 2 heterocycles. The molecular weight excluding hydrogens is 416 g/mol. The maximum Gasteiger partial charge on any atom is 0.348 e. The van der Waals surface area contributed by atoms with Gasteiger partial charge in [0.2, 0.25) is 5.91 Å². The van der Waals surface area contributed by atoms with Gasteiger partial charge in [-0.05, 0) is 33.3 Å². The number of aromatic nitrogens is 2. The molecule has 0 aromatic carbocycles. The van der Waals surface area contributed by atoms with E-state index in [0.29, 0.717) is 5.56 Å². The quantitative estimate of drug-likeness (QED) is 0.358. The molecule has 0 unspecified atom stereocenters. The topological polar surface area (TPSA) is 143 Å². The van der Waals surface area contributed by atoms with Crippen molar-refractivity contribution in [3.8, 4) is 0 Å². The minimum absolute atomic E-state index is 0.0494. The van der Waals surface area contributed by atoms with Gasteiger partial charge in [0.25, 0.3) is 0 Å². The van der Waals surface area contributed by atoms with E-state index in [1.54, 1.807) is 20.8 Å². The fourth-order valence-corrected chi connectivity index (χ4v) is 3.75. The lowest BCUT2D eigenvalue weighted by Crippen LogP contribution is -2.16. The standard InChI is InChI=1S/C18H22N4O7S/c1-5-28-17(24)14-10(3)15(18(25)29-6-2)30-16(14)19-13(23)7-8-21-9-12(22(26)27)11(4)20-21/h9H,5-8H2,1-4H3,(H,19,23). The van der Waals surface area contributed by atoms with Gasteiger partial charge in [0.05, 0.1) is 23.7 Å². The third-order valence-corrected chi connectivity index (χ3v) is 5.21. The van der Waals surface area contributed by atoms with Gasteiger partial charge in [0.15, 0.2) is 0 Å². The van der Waals surface area contributed by atoms with E-state index in [4.69, 9.17) is 9.47 Å². The summed E-state index contributed by atoms with van der Waals surface area (Å²) in [5.41, 5.74) is 0.584. The highest BCUT2D eigenvalue weighted by Crippen LogP contribution is 2.34. The van der Waals surface area contributed by atoms with Crippen LogP contribution < -0.4 is 5.32 Å². The maximum atomic E-state index is 12.4. The molecule has 0 spiro atoms. The van der Waals surface area contributed by atoms with Crippen molar-refractivity contribution >= 4 is 39.9 Å². The number of carbonyl (C=O) groups excluding carboxylic acids is 3. The molecule has 2 rings (SSSR count). The lowest BCUT2D eigenvalue weighted by molar-refractivity contribution is -0.385. The molecule has 0 aliphatic rings. The van der Waals surface area contributed by atoms with Crippen LogP contribution in [0.15, 0.2) is 6.20 Å². The highest BCUT2D eigenvalue weighted by atomic mass is 32.1. The molecule has 1 N–H and O–H groups in total. The van der Waals surface area contributed by atoms with Gasteiger partial charge in [-0.15, -0.1) is 11.3 Å². The van der Waals surface area contributed by atoms with E-state index < -0.39 is 22.8 Å². The average molecular weight is 438 g/mol. The normalized spacial score (nSPS) is 10.5. The number of ether oxygens (including phenoxy) is 2. The molecule has 0 aliphatic heterocycles. The molecule has 0 atom stereocenters. The highest BCUT2D eigenvalue weighted by Gasteiger charge is 2.27. The number of esters is 2. The Morgan fingerprint density at radius 1 is 1.20 bits per heavy atom. The summed E-state index contributed by atoms with van der Waals surface area (Å²) in [6.45, 7) is 6.80. The second-order valence-corrected chi connectivity index (χ2v) is 7.14. The predicted octanol–water partition coefficient (Wildman–Crippen LogP) is 2.85. The van der Waals surface area contributed by atoms with E-state index in [1.807, 2.05) is 0 Å². The zero-order chi connectivity index (χ0) is 22.4. The summed E-state index contributed by atoms with van der Waals surface area (Å²) in [7, 11) is 0. The Morgan fingerprint density at radius 2 is 1.83 bits per heavy atom. The first kappa shape index (κ1) is 23.0. The summed E-state index contributed by atoms with van der Waals surface area (Å²) < 4.78 is 11.3. The van der Waals surface area contributed by atoms with E-state index in [0.717, 1.165) is 11.3 Å². The first-order valence-corrected chi connectivity index (χ1v) is 9.97. The van der Waals surface area contributed by atoms with E-state index in [9.17, 15) is 24.5 Å². The number of nitrogens with zero attached hydrogens (tertiary/aromatic N) is 3. The van der Waals surface area contributed by atoms with Crippen molar-refractivity contribution in [3.05, 3.63) is 38.0 Å². The number of aryl methyl sites for hydroxylation is 2. The summed E-state index contributed by atoms with van der Waals surface area (Å²) >= 11 is 0.930. The monoisotopic (exact) mass is 438 g/mol. The summed E-state index contributed by atoms with van der Waals surface area (Å²) in [6, 6.07) is 0. The number of nitro groups is 1. The maximum absolute atomic E-state index is 12.4. The second kappa shape index (κ2) is 9.96. The molecule has 2 aromatic rings. The van der Waals surface area contributed by atoms with Crippen molar-refractivity contribution in [2.24, 2.45) is 0 Å². The van der Waals surface area contributed by atoms with Crippen molar-refractivity contribution in [2.75, 3.05) is 18.5 Å². The molecule has 0 fully saturated rings. The van der Waals surface area contributed by atoms with Crippen LogP contribution in [0.1, 0.15) is 51.6 Å². The van der Waals surface area contributed by atoms with Crippen molar-refractivity contribution in [1.82, 2.24) is 9.78 Å². The first-order valence-electron chi connectivity index (χ1n) is 9.15. The van der Waals surface area contributed by atoms with Crippen LogP contribution in [-0.2, 0) is 20.8 Å². The molecule has 30 heavy (non-hydrogen) atoms. The molecule has 0 bridgehead atoms. The minimum atomic E-state index is -0.657. The first-order chi connectivity index (χ1) is 14.2. The summed E-state index contributed by atoms with van der Waals surface area (Å²) in [5, 5.41) is 17.7. The van der Waals surface area contributed by atoms with E-state index in [1.165, 1.54) is 17.8 Å². The molecule has 1 amide bonds. The van der Waals surface area contributed by atoms with Gasteiger partial charge in [0.1, 0.15) is 21.8 Å². The predicted molar refractivity (Wildman–Crippen MR) is 108 cm³/mol. The van der Waals surface area contributed by atoms with Gasteiger partial charge in [-0.3, -0.25) is 19.6 Å².